The van der Waals surface area contributed by atoms with Crippen molar-refractivity contribution in [2.24, 2.45) is 0 Å². The number of ether oxygens (including phenoxy) is 4. The molecule has 0 saturated carbocycles. The van der Waals surface area contributed by atoms with E-state index in [-0.39, 0.29) is 11.9 Å². The Kier molecular flexibility index (Phi) is 24.4. The van der Waals surface area contributed by atoms with Crippen molar-refractivity contribution in [2.75, 3.05) is 40.4 Å². The molecule has 0 unspecified atom stereocenters. The average Bonchev–Trinajstić information content (AvgIpc) is 3.46. The smallest absolute Gasteiger partial charge is 0.223 e. The van der Waals surface area contributed by atoms with E-state index in [2.05, 4.69) is 130 Å². The first-order chi connectivity index (χ1) is 37.0. The number of nitrogens with zero attached hydrogens (tertiary/aromatic N) is 3. The van der Waals surface area contributed by atoms with E-state index in [1.165, 1.54) is 74.5 Å². The molecule has 6 aromatic rings. The Balaban J connectivity index is 0.000000232. The van der Waals surface area contributed by atoms with Crippen molar-refractivity contribution >= 4 is 5.91 Å². The average molecular weight is 1020 g/mol. The summed E-state index contributed by atoms with van der Waals surface area (Å²) in [4.78, 5) is 21.0. The molecule has 2 heterocycles. The Morgan fingerprint density at radius 1 is 0.493 bits per heavy atom. The molecule has 2 fully saturated rings. The maximum Gasteiger partial charge on any atom is 0.223 e. The maximum absolute atomic E-state index is 13.8. The highest BCUT2D eigenvalue weighted by atomic mass is 16.5. The molecule has 0 spiro atoms. The number of hydrogen-bond donors (Lipinski definition) is 1. The van der Waals surface area contributed by atoms with Crippen molar-refractivity contribution in [3.8, 4) is 23.0 Å². The summed E-state index contributed by atoms with van der Waals surface area (Å²) in [5.41, 5.74) is 7.32. The number of piperidine rings is 2. The zero-order valence-corrected chi connectivity index (χ0v) is 45.5. The van der Waals surface area contributed by atoms with Crippen LogP contribution in [0.1, 0.15) is 130 Å². The van der Waals surface area contributed by atoms with Crippen LogP contribution in [0.3, 0.4) is 0 Å². The summed E-state index contributed by atoms with van der Waals surface area (Å²) in [5.74, 6) is 3.29. The van der Waals surface area contributed by atoms with Crippen LogP contribution in [0.15, 0.2) is 158 Å². The van der Waals surface area contributed by atoms with Crippen LogP contribution in [0, 0.1) is 0 Å². The Morgan fingerprint density at radius 3 is 1.40 bits per heavy atom. The number of benzene rings is 6. The largest absolute Gasteiger partial charge is 0.493 e. The molecule has 6 aromatic carbocycles. The molecule has 8 rings (SSSR count). The standard InChI is InChI=1S/C39H54N2O3.C27H32N2O2/c1-3-4-5-6-7-8-9-10-17-22-39(42)41(36-25-27-40(28-26-36)30-33-18-13-11-14-19-33)31-35-23-24-37(38(29-35)43-2)44-32-34-20-15-12-16-21-34;1-30-27-18-24(12-13-26(27)31-21-23-10-6-3-7-11-23)19-28-25-14-16-29(17-15-25)20-22-8-4-2-5-9-22/h11-16,18-21,23-24,29,36H,3-10,17,22,25-28,30-32H2,1-2H3;2-13,18,25,28H,14-17,19-21H2,1H3. The van der Waals surface area contributed by atoms with Crippen LogP contribution in [0.5, 0.6) is 23.0 Å². The maximum atomic E-state index is 13.8. The topological polar surface area (TPSA) is 75.7 Å². The van der Waals surface area contributed by atoms with Crippen LogP contribution < -0.4 is 24.3 Å². The lowest BCUT2D eigenvalue weighted by Crippen LogP contribution is -2.46. The lowest BCUT2D eigenvalue weighted by Gasteiger charge is -2.39. The van der Waals surface area contributed by atoms with Crippen LogP contribution in [0.4, 0.5) is 0 Å². The number of carbonyl (C=O) groups excluding carboxylic acids is 1. The summed E-state index contributed by atoms with van der Waals surface area (Å²) in [5, 5.41) is 3.73. The van der Waals surface area contributed by atoms with Gasteiger partial charge in [-0.3, -0.25) is 14.6 Å². The molecule has 2 aliphatic heterocycles. The first kappa shape index (κ1) is 56.6. The molecule has 1 amide bonds. The van der Waals surface area contributed by atoms with Crippen LogP contribution in [-0.4, -0.2) is 73.1 Å². The molecule has 0 radical (unpaired) electrons. The van der Waals surface area contributed by atoms with Gasteiger partial charge in [-0.2, -0.15) is 0 Å². The van der Waals surface area contributed by atoms with E-state index < -0.39 is 0 Å². The van der Waals surface area contributed by atoms with E-state index >= 15 is 0 Å². The molecule has 0 aromatic heterocycles. The van der Waals surface area contributed by atoms with E-state index in [0.29, 0.717) is 38.0 Å². The molecule has 75 heavy (non-hydrogen) atoms. The van der Waals surface area contributed by atoms with Crippen molar-refractivity contribution in [3.05, 3.63) is 191 Å². The third-order valence-electron chi connectivity index (χ3n) is 14.8. The van der Waals surface area contributed by atoms with Crippen molar-refractivity contribution < 1.29 is 23.7 Å². The number of nitrogens with one attached hydrogen (secondary N) is 1. The fraction of sp³-hybridized carbons (Fsp3) is 0.439. The number of unbranched alkanes of at least 4 members (excludes halogenated alkanes) is 8. The monoisotopic (exact) mass is 1010 g/mol. The fourth-order valence-electron chi connectivity index (χ4n) is 10.3. The van der Waals surface area contributed by atoms with Crippen LogP contribution >= 0.6 is 0 Å². The number of methoxy groups -OCH3 is 2. The summed E-state index contributed by atoms with van der Waals surface area (Å²) >= 11 is 0. The first-order valence-corrected chi connectivity index (χ1v) is 28.2. The van der Waals surface area contributed by atoms with Crippen LogP contribution in [0.25, 0.3) is 0 Å². The Hall–Kier alpha value is -6.13. The molecule has 1 N–H and O–H groups in total. The molecule has 9 heteroatoms. The third kappa shape index (κ3) is 19.8. The van der Waals surface area contributed by atoms with Crippen molar-refractivity contribution in [3.63, 3.8) is 0 Å². The lowest BCUT2D eigenvalue weighted by atomic mass is 10.00. The molecule has 0 aliphatic carbocycles. The quantitative estimate of drug-likeness (QED) is 0.0487. The second-order valence-electron chi connectivity index (χ2n) is 20.5. The minimum atomic E-state index is 0.257. The van der Waals surface area contributed by atoms with Crippen LogP contribution in [0.2, 0.25) is 0 Å². The molecule has 0 bridgehead atoms. The summed E-state index contributed by atoms with van der Waals surface area (Å²) in [6, 6.07) is 55.0. The van der Waals surface area contributed by atoms with E-state index in [1.54, 1.807) is 14.2 Å². The van der Waals surface area contributed by atoms with Crippen molar-refractivity contribution in [1.82, 2.24) is 20.0 Å². The van der Waals surface area contributed by atoms with Gasteiger partial charge in [-0.25, -0.2) is 0 Å². The highest BCUT2D eigenvalue weighted by Gasteiger charge is 2.28. The second kappa shape index (κ2) is 32.3. The SMILES string of the molecule is CCCCCCCCCCCC(=O)N(Cc1ccc(OCc2ccccc2)c(OC)c1)C1CCN(Cc2ccccc2)CC1.COc1cc(CNC2CCN(Cc3ccccc3)CC2)ccc1OCc1ccccc1. The third-order valence-corrected chi connectivity index (χ3v) is 14.8. The molecule has 0 atom stereocenters. The van der Waals surface area contributed by atoms with Gasteiger partial charge < -0.3 is 29.2 Å². The predicted octanol–water partition coefficient (Wildman–Crippen LogP) is 14.2. The van der Waals surface area contributed by atoms with Crippen molar-refractivity contribution in [2.45, 2.75) is 148 Å². The van der Waals surface area contributed by atoms with E-state index in [0.717, 1.165) is 105 Å². The van der Waals surface area contributed by atoms with Gasteiger partial charge in [0.25, 0.3) is 0 Å². The van der Waals surface area contributed by atoms with E-state index in [9.17, 15) is 4.79 Å². The van der Waals surface area contributed by atoms with Crippen molar-refractivity contribution in [1.29, 1.82) is 0 Å². The minimum absolute atomic E-state index is 0.257. The van der Waals surface area contributed by atoms with Gasteiger partial charge in [-0.05, 0) is 103 Å². The van der Waals surface area contributed by atoms with Gasteiger partial charge in [0, 0.05) is 57.8 Å². The number of hydrogen-bond acceptors (Lipinski definition) is 8. The summed E-state index contributed by atoms with van der Waals surface area (Å²) in [6.45, 7) is 11.1. The normalized spacial score (nSPS) is 14.4. The molecule has 2 saturated heterocycles. The molecule has 9 nitrogen and oxygen atoms in total. The molecule has 400 valence electrons. The molecular weight excluding hydrogens is 929 g/mol. The lowest BCUT2D eigenvalue weighted by molar-refractivity contribution is -0.135. The van der Waals surface area contributed by atoms with Gasteiger partial charge in [0.2, 0.25) is 5.91 Å². The highest BCUT2D eigenvalue weighted by molar-refractivity contribution is 5.76. The number of likely N-dealkylation sites (tertiary alicyclic amines) is 2. The predicted molar refractivity (Wildman–Crippen MR) is 306 cm³/mol. The zero-order valence-electron chi connectivity index (χ0n) is 45.5. The van der Waals surface area contributed by atoms with Gasteiger partial charge in [0.05, 0.1) is 14.2 Å². The van der Waals surface area contributed by atoms with Crippen LogP contribution in [-0.2, 0) is 44.2 Å². The molecular formula is C66H86N4O5. The Morgan fingerprint density at radius 2 is 0.920 bits per heavy atom. The first-order valence-electron chi connectivity index (χ1n) is 28.2. The number of amides is 1. The summed E-state index contributed by atoms with van der Waals surface area (Å²) < 4.78 is 23.4. The van der Waals surface area contributed by atoms with Gasteiger partial charge >= 0.3 is 0 Å². The van der Waals surface area contributed by atoms with Gasteiger partial charge in [-0.15, -0.1) is 0 Å². The number of carbonyl (C=O) groups is 1. The fourth-order valence-corrected chi connectivity index (χ4v) is 10.3. The highest BCUT2D eigenvalue weighted by Crippen LogP contribution is 2.32. The molecule has 2 aliphatic rings. The second-order valence-corrected chi connectivity index (χ2v) is 20.5. The van der Waals surface area contributed by atoms with Gasteiger partial charge in [0.1, 0.15) is 13.2 Å². The summed E-state index contributed by atoms with van der Waals surface area (Å²) in [6.07, 6.45) is 16.3. The Bertz CT molecular complexity index is 2480. The van der Waals surface area contributed by atoms with E-state index in [4.69, 9.17) is 18.9 Å². The van der Waals surface area contributed by atoms with E-state index in [1.807, 2.05) is 54.6 Å². The van der Waals surface area contributed by atoms with Gasteiger partial charge in [-0.1, -0.05) is 192 Å². The zero-order chi connectivity index (χ0) is 52.1. The summed E-state index contributed by atoms with van der Waals surface area (Å²) in [7, 11) is 3.38. The number of rotatable bonds is 28. The minimum Gasteiger partial charge on any atom is -0.493 e. The Labute approximate surface area is 450 Å². The van der Waals surface area contributed by atoms with Gasteiger partial charge in [0.15, 0.2) is 23.0 Å².